The van der Waals surface area contributed by atoms with Crippen LogP contribution in [0.3, 0.4) is 0 Å². The third kappa shape index (κ3) is 3.84. The van der Waals surface area contributed by atoms with E-state index in [1.807, 2.05) is 0 Å². The smallest absolute Gasteiger partial charge is 0.242 e. The van der Waals surface area contributed by atoms with Crippen LogP contribution in [-0.2, 0) is 14.8 Å². The second kappa shape index (κ2) is 6.17. The minimum Gasteiger partial charge on any atom is -0.388 e. The van der Waals surface area contributed by atoms with E-state index in [2.05, 4.69) is 4.72 Å². The standard InChI is InChI=1S/C12H15Cl2NO4S/c13-9-1-2-10(14)11(7-9)20(17,18)15-8-12(16)3-5-19-6-4-12/h1-2,7,15-16H,3-6,8H2. The minimum atomic E-state index is -3.82. The molecule has 1 saturated heterocycles. The molecule has 1 aromatic carbocycles. The van der Waals surface area contributed by atoms with E-state index in [9.17, 15) is 13.5 Å². The van der Waals surface area contributed by atoms with E-state index in [-0.39, 0.29) is 21.5 Å². The van der Waals surface area contributed by atoms with Gasteiger partial charge in [0.2, 0.25) is 10.0 Å². The Labute approximate surface area is 127 Å². The molecule has 0 radical (unpaired) electrons. The summed E-state index contributed by atoms with van der Waals surface area (Å²) in [7, 11) is -3.82. The number of rotatable bonds is 4. The molecule has 1 aliphatic heterocycles. The van der Waals surface area contributed by atoms with Gasteiger partial charge in [-0.25, -0.2) is 13.1 Å². The van der Waals surface area contributed by atoms with Crippen molar-refractivity contribution in [1.82, 2.24) is 4.72 Å². The Kier molecular flexibility index (Phi) is 4.94. The summed E-state index contributed by atoms with van der Waals surface area (Å²) in [5.74, 6) is 0. The van der Waals surface area contributed by atoms with Crippen molar-refractivity contribution < 1.29 is 18.3 Å². The molecular formula is C12H15Cl2NO4S. The van der Waals surface area contributed by atoms with Crippen molar-refractivity contribution in [3.63, 3.8) is 0 Å². The summed E-state index contributed by atoms with van der Waals surface area (Å²) in [5, 5.41) is 10.6. The predicted molar refractivity (Wildman–Crippen MR) is 76.7 cm³/mol. The predicted octanol–water partition coefficient (Wildman–Crippen LogP) is 1.81. The number of sulfonamides is 1. The lowest BCUT2D eigenvalue weighted by Crippen LogP contribution is -2.46. The van der Waals surface area contributed by atoms with Gasteiger partial charge >= 0.3 is 0 Å². The van der Waals surface area contributed by atoms with Gasteiger partial charge in [0.1, 0.15) is 4.90 Å². The van der Waals surface area contributed by atoms with E-state index >= 15 is 0 Å². The second-order valence-corrected chi connectivity index (χ2v) is 7.32. The minimum absolute atomic E-state index is 0.0818. The van der Waals surface area contributed by atoms with E-state index in [1.165, 1.54) is 18.2 Å². The monoisotopic (exact) mass is 339 g/mol. The van der Waals surface area contributed by atoms with Crippen LogP contribution in [0.1, 0.15) is 12.8 Å². The summed E-state index contributed by atoms with van der Waals surface area (Å²) < 4.78 is 31.9. The molecule has 0 amide bonds. The van der Waals surface area contributed by atoms with Crippen LogP contribution >= 0.6 is 23.2 Å². The zero-order valence-corrected chi connectivity index (χ0v) is 12.9. The SMILES string of the molecule is O=S(=O)(NCC1(O)CCOCC1)c1cc(Cl)ccc1Cl. The van der Waals surface area contributed by atoms with Gasteiger partial charge in [-0.1, -0.05) is 23.2 Å². The maximum absolute atomic E-state index is 12.2. The zero-order valence-electron chi connectivity index (χ0n) is 10.6. The highest BCUT2D eigenvalue weighted by Gasteiger charge is 2.32. The molecule has 0 spiro atoms. The summed E-state index contributed by atoms with van der Waals surface area (Å²) in [4.78, 5) is -0.0951. The molecule has 20 heavy (non-hydrogen) atoms. The van der Waals surface area contributed by atoms with Gasteiger partial charge in [0.15, 0.2) is 0 Å². The average molecular weight is 340 g/mol. The van der Waals surface area contributed by atoms with Crippen LogP contribution in [-0.4, -0.2) is 38.9 Å². The Balaban J connectivity index is 2.13. The summed E-state index contributed by atoms with van der Waals surface area (Å²) in [6.45, 7) is 0.744. The van der Waals surface area contributed by atoms with Crippen LogP contribution < -0.4 is 4.72 Å². The van der Waals surface area contributed by atoms with Crippen molar-refractivity contribution in [3.8, 4) is 0 Å². The van der Waals surface area contributed by atoms with Crippen LogP contribution in [0.4, 0.5) is 0 Å². The molecule has 2 rings (SSSR count). The Hall–Kier alpha value is -0.370. The van der Waals surface area contributed by atoms with Gasteiger partial charge in [0.05, 0.1) is 10.6 Å². The third-order valence-electron chi connectivity index (χ3n) is 3.20. The van der Waals surface area contributed by atoms with Gasteiger partial charge in [-0.15, -0.1) is 0 Å². The molecular weight excluding hydrogens is 325 g/mol. The van der Waals surface area contributed by atoms with Gasteiger partial charge in [-0.2, -0.15) is 0 Å². The van der Waals surface area contributed by atoms with Gasteiger partial charge < -0.3 is 9.84 Å². The van der Waals surface area contributed by atoms with Crippen LogP contribution in [0.5, 0.6) is 0 Å². The quantitative estimate of drug-likeness (QED) is 0.877. The van der Waals surface area contributed by atoms with Gasteiger partial charge in [0.25, 0.3) is 0 Å². The zero-order chi connectivity index (χ0) is 14.8. The molecule has 0 saturated carbocycles. The molecule has 0 bridgehead atoms. The first kappa shape index (κ1) is 16.0. The van der Waals surface area contributed by atoms with Crippen LogP contribution in [0.2, 0.25) is 10.0 Å². The summed E-state index contributed by atoms with van der Waals surface area (Å²) in [5.41, 5.74) is -1.09. The summed E-state index contributed by atoms with van der Waals surface area (Å²) in [6, 6.07) is 4.21. The Morgan fingerprint density at radius 2 is 1.95 bits per heavy atom. The molecule has 0 atom stereocenters. The van der Waals surface area contributed by atoms with Crippen LogP contribution in [0, 0.1) is 0 Å². The van der Waals surface area contributed by atoms with E-state index in [4.69, 9.17) is 27.9 Å². The number of hydrogen-bond donors (Lipinski definition) is 2. The summed E-state index contributed by atoms with van der Waals surface area (Å²) >= 11 is 11.7. The Morgan fingerprint density at radius 3 is 2.60 bits per heavy atom. The van der Waals surface area contributed by atoms with Gasteiger partial charge in [-0.05, 0) is 18.2 Å². The number of nitrogens with one attached hydrogen (secondary N) is 1. The fraction of sp³-hybridized carbons (Fsp3) is 0.500. The molecule has 2 N–H and O–H groups in total. The first-order valence-corrected chi connectivity index (χ1v) is 8.31. The number of ether oxygens (including phenoxy) is 1. The van der Waals surface area contributed by atoms with E-state index in [1.54, 1.807) is 0 Å². The number of aliphatic hydroxyl groups is 1. The van der Waals surface area contributed by atoms with E-state index in [0.29, 0.717) is 26.1 Å². The van der Waals surface area contributed by atoms with Gasteiger partial charge in [0, 0.05) is 37.6 Å². The van der Waals surface area contributed by atoms with Crippen molar-refractivity contribution in [3.05, 3.63) is 28.2 Å². The largest absolute Gasteiger partial charge is 0.388 e. The molecule has 1 aromatic rings. The highest BCUT2D eigenvalue weighted by atomic mass is 35.5. The molecule has 5 nitrogen and oxygen atoms in total. The fourth-order valence-electron chi connectivity index (χ4n) is 1.92. The van der Waals surface area contributed by atoms with Crippen molar-refractivity contribution >= 4 is 33.2 Å². The Morgan fingerprint density at radius 1 is 1.30 bits per heavy atom. The maximum Gasteiger partial charge on any atom is 0.242 e. The first-order chi connectivity index (χ1) is 9.32. The van der Waals surface area contributed by atoms with Crippen molar-refractivity contribution in [2.24, 2.45) is 0 Å². The topological polar surface area (TPSA) is 75.6 Å². The first-order valence-electron chi connectivity index (χ1n) is 6.07. The normalized spacial score (nSPS) is 18.9. The van der Waals surface area contributed by atoms with Crippen LogP contribution in [0.15, 0.2) is 23.1 Å². The molecule has 112 valence electrons. The lowest BCUT2D eigenvalue weighted by atomic mass is 9.95. The van der Waals surface area contributed by atoms with Crippen molar-refractivity contribution in [1.29, 1.82) is 0 Å². The molecule has 1 aliphatic rings. The van der Waals surface area contributed by atoms with Gasteiger partial charge in [-0.3, -0.25) is 0 Å². The van der Waals surface area contributed by atoms with Crippen molar-refractivity contribution in [2.45, 2.75) is 23.3 Å². The maximum atomic E-state index is 12.2. The summed E-state index contributed by atoms with van der Waals surface area (Å²) in [6.07, 6.45) is 0.775. The molecule has 0 unspecified atom stereocenters. The average Bonchev–Trinajstić information content (AvgIpc) is 2.40. The fourth-order valence-corrected chi connectivity index (χ4v) is 3.80. The van der Waals surface area contributed by atoms with E-state index in [0.717, 1.165) is 0 Å². The van der Waals surface area contributed by atoms with E-state index < -0.39 is 15.6 Å². The molecule has 1 heterocycles. The molecule has 0 aliphatic carbocycles. The number of hydrogen-bond acceptors (Lipinski definition) is 4. The second-order valence-electron chi connectivity index (χ2n) is 4.74. The molecule has 8 heteroatoms. The lowest BCUT2D eigenvalue weighted by molar-refractivity contribution is -0.0588. The highest BCUT2D eigenvalue weighted by Crippen LogP contribution is 2.26. The number of benzene rings is 1. The van der Waals surface area contributed by atoms with Crippen LogP contribution in [0.25, 0.3) is 0 Å². The Bertz CT molecular complexity index is 585. The third-order valence-corrected chi connectivity index (χ3v) is 5.32. The molecule has 1 fully saturated rings. The lowest BCUT2D eigenvalue weighted by Gasteiger charge is -2.32. The van der Waals surface area contributed by atoms with Crippen molar-refractivity contribution in [2.75, 3.05) is 19.8 Å². The molecule has 0 aromatic heterocycles. The number of halogens is 2. The highest BCUT2D eigenvalue weighted by molar-refractivity contribution is 7.89.